The van der Waals surface area contributed by atoms with Crippen molar-refractivity contribution in [3.63, 3.8) is 0 Å². The number of aromatic nitrogens is 1. The minimum absolute atomic E-state index is 0.0869. The van der Waals surface area contributed by atoms with Crippen LogP contribution in [0.4, 0.5) is 0 Å². The van der Waals surface area contributed by atoms with E-state index in [0.717, 1.165) is 10.2 Å². The van der Waals surface area contributed by atoms with Gasteiger partial charge in [0.25, 0.3) is 5.91 Å². The first kappa shape index (κ1) is 14.6. The van der Waals surface area contributed by atoms with Crippen LogP contribution in [0.25, 0.3) is 0 Å². The van der Waals surface area contributed by atoms with E-state index in [1.807, 2.05) is 31.0 Å². The van der Waals surface area contributed by atoms with Gasteiger partial charge in [-0.15, -0.1) is 0 Å². The Morgan fingerprint density at radius 3 is 2.84 bits per heavy atom. The number of hydrogen-bond acceptors (Lipinski definition) is 2. The van der Waals surface area contributed by atoms with Gasteiger partial charge >= 0.3 is 0 Å². The van der Waals surface area contributed by atoms with Crippen LogP contribution in [0.2, 0.25) is 0 Å². The molecule has 0 aliphatic heterocycles. The lowest BCUT2D eigenvalue weighted by Crippen LogP contribution is -2.41. The van der Waals surface area contributed by atoms with Crippen LogP contribution < -0.4 is 0 Å². The van der Waals surface area contributed by atoms with E-state index >= 15 is 0 Å². The topological polar surface area (TPSA) is 34.5 Å². The van der Waals surface area contributed by atoms with E-state index < -0.39 is 0 Å². The molecule has 1 amide bonds. The van der Waals surface area contributed by atoms with Crippen molar-refractivity contribution in [1.29, 1.82) is 0 Å². The number of carbonyl (C=O) groups is 1. The zero-order chi connectivity index (χ0) is 14.0. The minimum atomic E-state index is 0.0869. The number of nitrogens with zero attached hydrogens (tertiary/aromatic N) is 2. The molecule has 5 heteroatoms. The van der Waals surface area contributed by atoms with Gasteiger partial charge in [-0.05, 0) is 48.7 Å². The van der Waals surface area contributed by atoms with Crippen LogP contribution in [0, 0.1) is 0 Å². The summed E-state index contributed by atoms with van der Waals surface area (Å²) in [6, 6.07) is 2.51. The van der Waals surface area contributed by atoms with Gasteiger partial charge in [-0.2, -0.15) is 0 Å². The van der Waals surface area contributed by atoms with Crippen molar-refractivity contribution >= 4 is 21.8 Å². The Morgan fingerprint density at radius 1 is 1.63 bits per heavy atom. The fraction of sp³-hybridized carbons (Fsp3) is 0.643. The Labute approximate surface area is 122 Å². The monoisotopic (exact) mass is 328 g/mol. The average molecular weight is 329 g/mol. The lowest BCUT2D eigenvalue weighted by Gasteiger charge is -2.28. The van der Waals surface area contributed by atoms with Gasteiger partial charge in [0, 0.05) is 30.4 Å². The van der Waals surface area contributed by atoms with Crippen LogP contribution in [0.3, 0.4) is 0 Å². The van der Waals surface area contributed by atoms with Gasteiger partial charge in [-0.25, -0.2) is 0 Å². The second-order valence-corrected chi connectivity index (χ2v) is 5.99. The van der Waals surface area contributed by atoms with Crippen molar-refractivity contribution in [2.75, 3.05) is 20.3 Å². The third kappa shape index (κ3) is 3.20. The Kier molecular flexibility index (Phi) is 4.68. The molecule has 1 saturated carbocycles. The molecule has 2 rings (SSSR count). The number of carbonyl (C=O) groups excluding carboxylic acids is 1. The van der Waals surface area contributed by atoms with Crippen LogP contribution in [0.5, 0.6) is 0 Å². The molecule has 1 heterocycles. The molecule has 1 unspecified atom stereocenters. The fourth-order valence-electron chi connectivity index (χ4n) is 2.41. The van der Waals surface area contributed by atoms with Crippen molar-refractivity contribution in [2.24, 2.45) is 0 Å². The predicted molar refractivity (Wildman–Crippen MR) is 78.5 cm³/mol. The average Bonchev–Trinajstić information content (AvgIpc) is 3.13. The quantitative estimate of drug-likeness (QED) is 0.804. The number of halogens is 1. The van der Waals surface area contributed by atoms with Gasteiger partial charge in [0.05, 0.1) is 12.6 Å². The number of ether oxygens (including phenoxy) is 1. The molecule has 1 aliphatic rings. The zero-order valence-electron chi connectivity index (χ0n) is 11.7. The summed E-state index contributed by atoms with van der Waals surface area (Å²) in [5.74, 6) is 0.0876. The molecule has 1 aliphatic carbocycles. The molecule has 0 aromatic carbocycles. The van der Waals surface area contributed by atoms with Crippen molar-refractivity contribution in [2.45, 2.75) is 38.8 Å². The van der Waals surface area contributed by atoms with E-state index in [2.05, 4.69) is 20.5 Å². The van der Waals surface area contributed by atoms with Gasteiger partial charge in [-0.3, -0.25) is 4.79 Å². The number of likely N-dealkylation sites (N-methyl/N-ethyl adjacent to an activating group) is 1. The Bertz CT molecular complexity index is 454. The molecule has 19 heavy (non-hydrogen) atoms. The Hall–Kier alpha value is -0.810. The second kappa shape index (κ2) is 6.09. The number of amides is 1. The lowest BCUT2D eigenvalue weighted by atomic mass is 10.2. The summed E-state index contributed by atoms with van der Waals surface area (Å²) in [5.41, 5.74) is 0.777. The van der Waals surface area contributed by atoms with E-state index in [9.17, 15) is 4.79 Å². The fourth-order valence-corrected chi connectivity index (χ4v) is 2.84. The molecule has 0 saturated heterocycles. The molecule has 0 radical (unpaired) electrons. The van der Waals surface area contributed by atoms with Crippen molar-refractivity contribution in [1.82, 2.24) is 9.47 Å². The van der Waals surface area contributed by atoms with Gasteiger partial charge in [-0.1, -0.05) is 0 Å². The predicted octanol–water partition coefficient (Wildman–Crippen LogP) is 3.08. The zero-order valence-corrected chi connectivity index (χ0v) is 13.3. The largest absolute Gasteiger partial charge is 0.383 e. The molecule has 0 bridgehead atoms. The summed E-state index contributed by atoms with van der Waals surface area (Å²) < 4.78 is 8.23. The number of methoxy groups -OCH3 is 1. The van der Waals surface area contributed by atoms with Gasteiger partial charge in [0.1, 0.15) is 5.69 Å². The highest BCUT2D eigenvalue weighted by atomic mass is 79.9. The standard InChI is InChI=1S/C14H21BrN2O2/c1-4-16(10(2)9-19-3)14(18)13-7-11(15)8-17(13)12-5-6-12/h7-8,10,12H,4-6,9H2,1-3H3. The van der Waals surface area contributed by atoms with E-state index in [1.165, 1.54) is 12.8 Å². The minimum Gasteiger partial charge on any atom is -0.383 e. The summed E-state index contributed by atoms with van der Waals surface area (Å²) in [7, 11) is 1.66. The van der Waals surface area contributed by atoms with Crippen LogP contribution in [-0.4, -0.2) is 41.7 Å². The maximum absolute atomic E-state index is 12.7. The molecular weight excluding hydrogens is 308 g/mol. The summed E-state index contributed by atoms with van der Waals surface area (Å²) >= 11 is 3.47. The van der Waals surface area contributed by atoms with Crippen LogP contribution in [-0.2, 0) is 4.74 Å². The summed E-state index contributed by atoms with van der Waals surface area (Å²) in [6.45, 7) is 5.27. The summed E-state index contributed by atoms with van der Waals surface area (Å²) in [6.07, 6.45) is 4.35. The normalized spacial score (nSPS) is 16.4. The van der Waals surface area contributed by atoms with Crippen molar-refractivity contribution < 1.29 is 9.53 Å². The molecule has 1 atom stereocenters. The first-order valence-corrected chi connectivity index (χ1v) is 7.55. The van der Waals surface area contributed by atoms with E-state index in [-0.39, 0.29) is 11.9 Å². The molecule has 1 fully saturated rings. The Morgan fingerprint density at radius 2 is 2.32 bits per heavy atom. The van der Waals surface area contributed by atoms with Crippen LogP contribution in [0.1, 0.15) is 43.2 Å². The van der Waals surface area contributed by atoms with Crippen LogP contribution in [0.15, 0.2) is 16.7 Å². The highest BCUT2D eigenvalue weighted by Crippen LogP contribution is 2.37. The van der Waals surface area contributed by atoms with E-state index in [1.54, 1.807) is 7.11 Å². The summed E-state index contributed by atoms with van der Waals surface area (Å²) in [4.78, 5) is 14.6. The first-order chi connectivity index (χ1) is 9.08. The highest BCUT2D eigenvalue weighted by Gasteiger charge is 2.30. The van der Waals surface area contributed by atoms with E-state index in [4.69, 9.17) is 4.74 Å². The smallest absolute Gasteiger partial charge is 0.270 e. The van der Waals surface area contributed by atoms with Gasteiger partial charge in [0.15, 0.2) is 0 Å². The Balaban J connectivity index is 2.21. The summed E-state index contributed by atoms with van der Waals surface area (Å²) in [5, 5.41) is 0. The molecule has 1 aromatic rings. The van der Waals surface area contributed by atoms with E-state index in [0.29, 0.717) is 19.2 Å². The van der Waals surface area contributed by atoms with Gasteiger partial charge < -0.3 is 14.2 Å². The molecule has 4 nitrogen and oxygen atoms in total. The maximum atomic E-state index is 12.7. The molecule has 106 valence electrons. The molecule has 0 spiro atoms. The third-order valence-corrected chi connectivity index (χ3v) is 3.95. The molecular formula is C14H21BrN2O2. The van der Waals surface area contributed by atoms with Crippen molar-refractivity contribution in [3.8, 4) is 0 Å². The lowest BCUT2D eigenvalue weighted by molar-refractivity contribution is 0.0569. The van der Waals surface area contributed by atoms with Gasteiger partial charge in [0.2, 0.25) is 0 Å². The first-order valence-electron chi connectivity index (χ1n) is 6.75. The molecule has 0 N–H and O–H groups in total. The third-order valence-electron chi connectivity index (χ3n) is 3.52. The number of rotatable bonds is 6. The maximum Gasteiger partial charge on any atom is 0.270 e. The second-order valence-electron chi connectivity index (χ2n) is 5.08. The highest BCUT2D eigenvalue weighted by molar-refractivity contribution is 9.10. The number of hydrogen-bond donors (Lipinski definition) is 0. The molecule has 1 aromatic heterocycles. The van der Waals surface area contributed by atoms with Crippen LogP contribution >= 0.6 is 15.9 Å². The SMILES string of the molecule is CCN(C(=O)c1cc(Br)cn1C1CC1)C(C)COC. The van der Waals surface area contributed by atoms with Crippen molar-refractivity contribution in [3.05, 3.63) is 22.4 Å².